The van der Waals surface area contributed by atoms with E-state index in [2.05, 4.69) is 17.6 Å². The van der Waals surface area contributed by atoms with Crippen molar-refractivity contribution in [2.24, 2.45) is 7.05 Å². The Kier molecular flexibility index (Phi) is 6.29. The number of aromatic nitrogens is 1. The van der Waals surface area contributed by atoms with Crippen molar-refractivity contribution in [1.82, 2.24) is 4.57 Å². The summed E-state index contributed by atoms with van der Waals surface area (Å²) in [5.74, 6) is -0.817. The molecule has 0 unspecified atom stereocenters. The second kappa shape index (κ2) is 9.30. The van der Waals surface area contributed by atoms with E-state index >= 15 is 0 Å². The monoisotopic (exact) mass is 459 g/mol. The summed E-state index contributed by atoms with van der Waals surface area (Å²) in [6.45, 7) is 2.05. The van der Waals surface area contributed by atoms with Crippen LogP contribution in [-0.2, 0) is 13.5 Å². The van der Waals surface area contributed by atoms with Gasteiger partial charge in [0, 0.05) is 28.7 Å². The van der Waals surface area contributed by atoms with Crippen molar-refractivity contribution >= 4 is 45.7 Å². The summed E-state index contributed by atoms with van der Waals surface area (Å²) in [5, 5.41) is 6.75. The van der Waals surface area contributed by atoms with Crippen molar-refractivity contribution in [3.8, 4) is 0 Å². The molecule has 0 atom stereocenters. The van der Waals surface area contributed by atoms with Crippen molar-refractivity contribution in [3.05, 3.63) is 105 Å². The van der Waals surface area contributed by atoms with Crippen LogP contribution in [0, 0.1) is 0 Å². The third-order valence-electron chi connectivity index (χ3n) is 5.49. The van der Waals surface area contributed by atoms with Crippen LogP contribution in [0.3, 0.4) is 0 Å². The Morgan fingerprint density at radius 3 is 2.27 bits per heavy atom. The van der Waals surface area contributed by atoms with Crippen molar-refractivity contribution in [3.63, 3.8) is 0 Å². The molecule has 0 spiro atoms. The maximum absolute atomic E-state index is 12.9. The van der Waals surface area contributed by atoms with Crippen LogP contribution in [0.2, 0.25) is 5.02 Å². The highest BCUT2D eigenvalue weighted by Crippen LogP contribution is 2.24. The molecule has 0 aliphatic carbocycles. The molecule has 0 saturated carbocycles. The van der Waals surface area contributed by atoms with Crippen molar-refractivity contribution in [2.45, 2.75) is 13.3 Å². The van der Waals surface area contributed by atoms with Gasteiger partial charge >= 0.3 is 0 Å². The van der Waals surface area contributed by atoms with Crippen molar-refractivity contribution < 1.29 is 9.59 Å². The lowest BCUT2D eigenvalue weighted by molar-refractivity contribution is 0.101. The van der Waals surface area contributed by atoms with Gasteiger partial charge in [-0.05, 0) is 66.6 Å². The lowest BCUT2D eigenvalue weighted by Gasteiger charge is -2.13. The predicted molar refractivity (Wildman–Crippen MR) is 132 cm³/mol. The lowest BCUT2D eigenvalue weighted by atomic mass is 10.1. The summed E-state index contributed by atoms with van der Waals surface area (Å²) < 4.78 is 1.40. The molecule has 6 nitrogen and oxygen atoms in total. The SMILES string of the molecule is CCc1ccc(C(=O)Nc2cccc3c2cc(C(=O)Nc2ccc(Cl)cc2)c(=O)n3C)cc1. The molecule has 2 amide bonds. The van der Waals surface area contributed by atoms with Crippen LogP contribution in [0.5, 0.6) is 0 Å². The molecular formula is C26H22ClN3O3. The molecule has 7 heteroatoms. The van der Waals surface area contributed by atoms with Crippen LogP contribution in [0.4, 0.5) is 11.4 Å². The topological polar surface area (TPSA) is 80.2 Å². The lowest BCUT2D eigenvalue weighted by Crippen LogP contribution is -2.28. The Morgan fingerprint density at radius 2 is 1.61 bits per heavy atom. The minimum atomic E-state index is -0.545. The van der Waals surface area contributed by atoms with E-state index in [1.807, 2.05) is 12.1 Å². The number of anilines is 2. The standard InChI is InChI=1S/C26H22ClN3O3/c1-3-16-7-9-17(10-8-16)24(31)29-22-5-4-6-23-20(22)15-21(26(33)30(23)2)25(32)28-19-13-11-18(27)12-14-19/h4-15H,3H2,1-2H3,(H,28,32)(H,29,31). The fourth-order valence-corrected chi connectivity index (χ4v) is 3.71. The first kappa shape index (κ1) is 22.3. The molecule has 0 fully saturated rings. The zero-order valence-corrected chi connectivity index (χ0v) is 18.9. The van der Waals surface area contributed by atoms with Crippen LogP contribution < -0.4 is 16.2 Å². The van der Waals surface area contributed by atoms with Gasteiger partial charge in [-0.1, -0.05) is 36.7 Å². The molecule has 1 heterocycles. The average Bonchev–Trinajstić information content (AvgIpc) is 2.83. The van der Waals surface area contributed by atoms with Crippen LogP contribution in [0.1, 0.15) is 33.2 Å². The maximum Gasteiger partial charge on any atom is 0.263 e. The van der Waals surface area contributed by atoms with E-state index in [4.69, 9.17) is 11.6 Å². The third-order valence-corrected chi connectivity index (χ3v) is 5.74. The van der Waals surface area contributed by atoms with Gasteiger partial charge in [-0.25, -0.2) is 0 Å². The van der Waals surface area contributed by atoms with Gasteiger partial charge in [0.25, 0.3) is 17.4 Å². The van der Waals surface area contributed by atoms with Gasteiger partial charge in [-0.3, -0.25) is 14.4 Å². The number of carbonyl (C=O) groups is 2. The number of nitrogens with one attached hydrogen (secondary N) is 2. The summed E-state index contributed by atoms with van der Waals surface area (Å²) in [6, 6.07) is 20.8. The molecule has 2 N–H and O–H groups in total. The highest BCUT2D eigenvalue weighted by molar-refractivity contribution is 6.30. The average molecular weight is 460 g/mol. The summed E-state index contributed by atoms with van der Waals surface area (Å²) in [5.41, 5.74) is 2.82. The first-order valence-corrected chi connectivity index (χ1v) is 10.8. The van der Waals surface area contributed by atoms with Gasteiger partial charge < -0.3 is 15.2 Å². The zero-order chi connectivity index (χ0) is 23.5. The van der Waals surface area contributed by atoms with Crippen LogP contribution >= 0.6 is 11.6 Å². The predicted octanol–water partition coefficient (Wildman–Crippen LogP) is 5.26. The quantitative estimate of drug-likeness (QED) is 0.427. The molecule has 0 radical (unpaired) electrons. The molecule has 0 saturated heterocycles. The minimum Gasteiger partial charge on any atom is -0.322 e. The fourth-order valence-electron chi connectivity index (χ4n) is 3.58. The Labute approximate surface area is 195 Å². The molecule has 1 aromatic heterocycles. The number of amides is 2. The Hall–Kier alpha value is -3.90. The molecule has 0 aliphatic rings. The Morgan fingerprint density at radius 1 is 0.909 bits per heavy atom. The molecule has 0 aliphatic heterocycles. The molecule has 4 rings (SSSR count). The molecule has 0 bridgehead atoms. The number of halogens is 1. The van der Waals surface area contributed by atoms with Crippen LogP contribution in [0.25, 0.3) is 10.9 Å². The summed E-state index contributed by atoms with van der Waals surface area (Å²) >= 11 is 5.89. The highest BCUT2D eigenvalue weighted by atomic mass is 35.5. The Balaban J connectivity index is 1.70. The largest absolute Gasteiger partial charge is 0.322 e. The molecule has 4 aromatic rings. The summed E-state index contributed by atoms with van der Waals surface area (Å²) in [4.78, 5) is 38.6. The van der Waals surface area contributed by atoms with E-state index in [1.165, 1.54) is 10.6 Å². The number of pyridine rings is 1. The first-order chi connectivity index (χ1) is 15.9. The second-order valence-electron chi connectivity index (χ2n) is 7.63. The van der Waals surface area contributed by atoms with Gasteiger partial charge in [0.2, 0.25) is 0 Å². The number of rotatable bonds is 5. The van der Waals surface area contributed by atoms with E-state index in [9.17, 15) is 14.4 Å². The number of hydrogen-bond donors (Lipinski definition) is 2. The third kappa shape index (κ3) is 4.66. The van der Waals surface area contributed by atoms with Gasteiger partial charge in [-0.15, -0.1) is 0 Å². The van der Waals surface area contributed by atoms with E-state index in [0.29, 0.717) is 32.9 Å². The van der Waals surface area contributed by atoms with E-state index < -0.39 is 11.5 Å². The van der Waals surface area contributed by atoms with E-state index in [0.717, 1.165) is 12.0 Å². The maximum atomic E-state index is 12.9. The molecule has 166 valence electrons. The summed E-state index contributed by atoms with van der Waals surface area (Å²) in [7, 11) is 1.60. The zero-order valence-electron chi connectivity index (χ0n) is 18.2. The van der Waals surface area contributed by atoms with Crippen molar-refractivity contribution in [1.29, 1.82) is 0 Å². The van der Waals surface area contributed by atoms with E-state index in [1.54, 1.807) is 61.6 Å². The number of aryl methyl sites for hydroxylation is 2. The number of hydrogen-bond acceptors (Lipinski definition) is 3. The van der Waals surface area contributed by atoms with Gasteiger partial charge in [0.05, 0.1) is 11.2 Å². The van der Waals surface area contributed by atoms with Gasteiger partial charge in [0.15, 0.2) is 0 Å². The molecule has 3 aromatic carbocycles. The minimum absolute atomic E-state index is 0.0334. The Bertz CT molecular complexity index is 1410. The normalized spacial score (nSPS) is 10.8. The highest BCUT2D eigenvalue weighted by Gasteiger charge is 2.17. The van der Waals surface area contributed by atoms with Crippen molar-refractivity contribution in [2.75, 3.05) is 10.6 Å². The number of carbonyl (C=O) groups excluding carboxylic acids is 2. The van der Waals surface area contributed by atoms with Crippen LogP contribution in [-0.4, -0.2) is 16.4 Å². The van der Waals surface area contributed by atoms with Gasteiger partial charge in [-0.2, -0.15) is 0 Å². The summed E-state index contributed by atoms with van der Waals surface area (Å²) in [6.07, 6.45) is 0.889. The number of benzene rings is 3. The second-order valence-corrected chi connectivity index (χ2v) is 8.06. The van der Waals surface area contributed by atoms with Gasteiger partial charge in [0.1, 0.15) is 5.56 Å². The number of nitrogens with zero attached hydrogens (tertiary/aromatic N) is 1. The van der Waals surface area contributed by atoms with Crippen LogP contribution in [0.15, 0.2) is 77.6 Å². The van der Waals surface area contributed by atoms with E-state index in [-0.39, 0.29) is 11.5 Å². The molecular weight excluding hydrogens is 438 g/mol. The number of fused-ring (bicyclic) bond motifs is 1. The first-order valence-electron chi connectivity index (χ1n) is 10.5. The molecule has 33 heavy (non-hydrogen) atoms. The smallest absolute Gasteiger partial charge is 0.263 e. The fraction of sp³-hybridized carbons (Fsp3) is 0.115.